The Balaban J connectivity index is 2.43. The lowest BCUT2D eigenvalue weighted by Crippen LogP contribution is -2.34. The lowest BCUT2D eigenvalue weighted by Gasteiger charge is -2.19. The molecule has 26 heavy (non-hydrogen) atoms. The average molecular weight is 729 g/mol. The van der Waals surface area contributed by atoms with Gasteiger partial charge in [0, 0.05) is 17.1 Å². The molecule has 0 heterocycles. The summed E-state index contributed by atoms with van der Waals surface area (Å²) in [7, 11) is -5.91. The number of benzene rings is 1. The highest BCUT2D eigenvalue weighted by atomic mass is 127. The third-order valence-corrected chi connectivity index (χ3v) is 7.26. The van der Waals surface area contributed by atoms with Gasteiger partial charge in [0.25, 0.3) is 0 Å². The molecule has 0 N–H and O–H groups in total. The van der Waals surface area contributed by atoms with E-state index in [4.69, 9.17) is 4.74 Å². The van der Waals surface area contributed by atoms with Crippen molar-refractivity contribution < 1.29 is 40.8 Å². The van der Waals surface area contributed by atoms with Crippen molar-refractivity contribution in [3.8, 4) is 0 Å². The summed E-state index contributed by atoms with van der Waals surface area (Å²) in [6.07, 6.45) is -0.402. The van der Waals surface area contributed by atoms with Crippen LogP contribution in [0.15, 0.2) is 12.1 Å². The highest BCUT2D eigenvalue weighted by Crippen LogP contribution is 2.24. The average Bonchev–Trinajstić information content (AvgIpc) is 2.51. The van der Waals surface area contributed by atoms with Gasteiger partial charge in [0.2, 0.25) is 0 Å². The number of hydrogen-bond acceptors (Lipinski definition) is 7. The molecular formula is C13H10F2I3O7S-. The van der Waals surface area contributed by atoms with Gasteiger partial charge in [-0.05, 0) is 86.3 Å². The van der Waals surface area contributed by atoms with Crippen molar-refractivity contribution in [3.63, 3.8) is 0 Å². The molecule has 0 fully saturated rings. The lowest BCUT2D eigenvalue weighted by atomic mass is 10.2. The molecule has 0 radical (unpaired) electrons. The highest BCUT2D eigenvalue weighted by Gasteiger charge is 2.39. The molecule has 0 bridgehead atoms. The van der Waals surface area contributed by atoms with E-state index in [9.17, 15) is 31.3 Å². The smallest absolute Gasteiger partial charge is 0.367 e. The third kappa shape index (κ3) is 7.27. The van der Waals surface area contributed by atoms with Crippen molar-refractivity contribution in [1.29, 1.82) is 0 Å². The molecule has 0 amide bonds. The van der Waals surface area contributed by atoms with Gasteiger partial charge in [-0.15, -0.1) is 0 Å². The number of rotatable bonds is 8. The van der Waals surface area contributed by atoms with E-state index < -0.39 is 33.9 Å². The fourth-order valence-corrected chi connectivity index (χ4v) is 4.05. The Morgan fingerprint density at radius 1 is 1.15 bits per heavy atom. The van der Waals surface area contributed by atoms with Crippen LogP contribution < -0.4 is 0 Å². The molecular weight excluding hydrogens is 719 g/mol. The van der Waals surface area contributed by atoms with Crippen molar-refractivity contribution in [2.45, 2.75) is 18.1 Å². The second-order valence-corrected chi connectivity index (χ2v) is 9.73. The molecule has 146 valence electrons. The zero-order valence-electron chi connectivity index (χ0n) is 12.6. The molecule has 13 heteroatoms. The monoisotopic (exact) mass is 729 g/mol. The van der Waals surface area contributed by atoms with Crippen molar-refractivity contribution in [3.05, 3.63) is 28.4 Å². The van der Waals surface area contributed by atoms with Gasteiger partial charge in [0.1, 0.15) is 0 Å². The molecule has 0 aliphatic rings. The standard InChI is InChI=1S/C13H11F2I3O7S/c14-13(15,26(21,22)23)6-25-10(19)2-1-3-24-12(20)8-4-7(16)5-9(17)11(8)18/h4-5H,1-3,6H2,(H,21,22,23)/p-1. The number of halogens is 5. The molecule has 0 aliphatic heterocycles. The van der Waals surface area contributed by atoms with Gasteiger partial charge in [0.05, 0.1) is 12.2 Å². The molecule has 0 saturated carbocycles. The van der Waals surface area contributed by atoms with Gasteiger partial charge >= 0.3 is 17.2 Å². The summed E-state index contributed by atoms with van der Waals surface area (Å²) in [4.78, 5) is 23.3. The maximum atomic E-state index is 12.8. The van der Waals surface area contributed by atoms with Gasteiger partial charge in [-0.3, -0.25) is 4.79 Å². The van der Waals surface area contributed by atoms with Crippen LogP contribution in [0.4, 0.5) is 8.78 Å². The summed E-state index contributed by atoms with van der Waals surface area (Å²) < 4.78 is 67.9. The van der Waals surface area contributed by atoms with Crippen LogP contribution in [-0.2, 0) is 24.4 Å². The molecule has 0 aliphatic carbocycles. The molecule has 1 aromatic rings. The zero-order chi connectivity index (χ0) is 20.1. The minimum absolute atomic E-state index is 0.0160. The Labute approximate surface area is 188 Å². The van der Waals surface area contributed by atoms with Gasteiger partial charge in [0.15, 0.2) is 16.7 Å². The first-order valence-electron chi connectivity index (χ1n) is 6.65. The summed E-state index contributed by atoms with van der Waals surface area (Å²) in [6.45, 7) is -2.02. The van der Waals surface area contributed by atoms with Crippen molar-refractivity contribution in [2.75, 3.05) is 13.2 Å². The second kappa shape index (κ2) is 10.1. The van der Waals surface area contributed by atoms with Crippen LogP contribution in [-0.4, -0.2) is 43.4 Å². The number of hydrogen-bond donors (Lipinski definition) is 0. The molecule has 1 aromatic carbocycles. The van der Waals surface area contributed by atoms with E-state index in [1.165, 1.54) is 0 Å². The SMILES string of the molecule is O=C(CCCOC(=O)c1cc(I)cc(I)c1I)OCC(F)(F)S(=O)(=O)[O-]. The van der Waals surface area contributed by atoms with Gasteiger partial charge < -0.3 is 14.0 Å². The van der Waals surface area contributed by atoms with Crippen LogP contribution in [0.1, 0.15) is 23.2 Å². The summed E-state index contributed by atoms with van der Waals surface area (Å²) in [5.74, 6) is -1.73. The number of carbonyl (C=O) groups excluding carboxylic acids is 2. The molecule has 0 saturated heterocycles. The molecule has 0 aromatic heterocycles. The van der Waals surface area contributed by atoms with E-state index >= 15 is 0 Å². The van der Waals surface area contributed by atoms with E-state index in [1.54, 1.807) is 6.07 Å². The molecule has 0 spiro atoms. The molecule has 1 rings (SSSR count). The Morgan fingerprint density at radius 2 is 1.77 bits per heavy atom. The third-order valence-electron chi connectivity index (χ3n) is 2.74. The van der Waals surface area contributed by atoms with Crippen molar-refractivity contribution >= 4 is 89.8 Å². The summed E-state index contributed by atoms with van der Waals surface area (Å²) in [5.41, 5.74) is 0.366. The van der Waals surface area contributed by atoms with Crippen LogP contribution in [0.3, 0.4) is 0 Å². The maximum Gasteiger partial charge on any atom is 0.367 e. The van der Waals surface area contributed by atoms with Crippen molar-refractivity contribution in [1.82, 2.24) is 0 Å². The fourth-order valence-electron chi connectivity index (χ4n) is 1.47. The fraction of sp³-hybridized carbons (Fsp3) is 0.385. The highest BCUT2D eigenvalue weighted by molar-refractivity contribution is 14.1. The molecule has 7 nitrogen and oxygen atoms in total. The predicted octanol–water partition coefficient (Wildman–Crippen LogP) is 3.12. The molecule has 0 atom stereocenters. The van der Waals surface area contributed by atoms with E-state index in [-0.39, 0.29) is 19.4 Å². The van der Waals surface area contributed by atoms with Crippen LogP contribution in [0.25, 0.3) is 0 Å². The maximum absolute atomic E-state index is 12.8. The summed E-state index contributed by atoms with van der Waals surface area (Å²) in [6, 6.07) is 3.53. The first kappa shape index (κ1) is 24.2. The van der Waals surface area contributed by atoms with E-state index in [2.05, 4.69) is 49.9 Å². The predicted molar refractivity (Wildman–Crippen MR) is 110 cm³/mol. The Hall–Kier alpha value is 0.120. The normalized spacial score (nSPS) is 11.9. The largest absolute Gasteiger partial charge is 0.743 e. The van der Waals surface area contributed by atoms with E-state index in [1.807, 2.05) is 28.7 Å². The van der Waals surface area contributed by atoms with Gasteiger partial charge in [-0.2, -0.15) is 8.78 Å². The van der Waals surface area contributed by atoms with Crippen LogP contribution in [0.5, 0.6) is 0 Å². The quantitative estimate of drug-likeness (QED) is 0.133. The summed E-state index contributed by atoms with van der Waals surface area (Å²) in [5, 5.41) is -4.69. The number of ether oxygens (including phenoxy) is 2. The Bertz CT molecular complexity index is 799. The number of alkyl halides is 2. The van der Waals surface area contributed by atoms with Crippen LogP contribution in [0.2, 0.25) is 0 Å². The van der Waals surface area contributed by atoms with Gasteiger partial charge in [-0.1, -0.05) is 0 Å². The molecule has 0 unspecified atom stereocenters. The van der Waals surface area contributed by atoms with Crippen LogP contribution in [0, 0.1) is 10.7 Å². The minimum Gasteiger partial charge on any atom is -0.743 e. The van der Waals surface area contributed by atoms with E-state index in [0.29, 0.717) is 9.13 Å². The van der Waals surface area contributed by atoms with Crippen molar-refractivity contribution in [2.24, 2.45) is 0 Å². The number of esters is 2. The Kier molecular flexibility index (Phi) is 9.34. The lowest BCUT2D eigenvalue weighted by molar-refractivity contribution is -0.150. The minimum atomic E-state index is -5.91. The van der Waals surface area contributed by atoms with Gasteiger partial charge in [-0.25, -0.2) is 13.2 Å². The topological polar surface area (TPSA) is 110 Å². The Morgan fingerprint density at radius 3 is 2.35 bits per heavy atom. The van der Waals surface area contributed by atoms with Crippen LogP contribution >= 0.6 is 67.8 Å². The first-order chi connectivity index (χ1) is 11.8. The summed E-state index contributed by atoms with van der Waals surface area (Å²) >= 11 is 6.13. The first-order valence-corrected chi connectivity index (χ1v) is 11.3. The number of carbonyl (C=O) groups is 2. The van der Waals surface area contributed by atoms with E-state index in [0.717, 1.165) is 7.14 Å². The zero-order valence-corrected chi connectivity index (χ0v) is 19.9. The second-order valence-electron chi connectivity index (χ2n) is 4.74.